The molecule has 0 bridgehead atoms. The average molecular weight is 278 g/mol. The first-order valence-electron chi connectivity index (χ1n) is 6.56. The first kappa shape index (κ1) is 14.5. The van der Waals surface area contributed by atoms with E-state index in [-0.39, 0.29) is 23.4 Å². The Morgan fingerprint density at radius 1 is 1.25 bits per heavy atom. The van der Waals surface area contributed by atoms with E-state index in [2.05, 4.69) is 5.10 Å². The number of rotatable bonds is 3. The predicted molar refractivity (Wildman–Crippen MR) is 75.8 cm³/mol. The molecule has 2 N–H and O–H groups in total. The smallest absolute Gasteiger partial charge is 0.274 e. The summed E-state index contributed by atoms with van der Waals surface area (Å²) in [6, 6.07) is 5.71. The number of hydrogen-bond donors (Lipinski definition) is 2. The monoisotopic (exact) mass is 278 g/mol. The topological polar surface area (TPSA) is 58.0 Å². The van der Waals surface area contributed by atoms with Crippen LogP contribution in [0.15, 0.2) is 29.1 Å². The molecule has 2 aromatic rings. The van der Waals surface area contributed by atoms with Gasteiger partial charge in [0.05, 0.1) is 5.69 Å². The maximum atomic E-state index is 13.0. The second-order valence-electron chi connectivity index (χ2n) is 5.81. The van der Waals surface area contributed by atoms with Gasteiger partial charge in [0.2, 0.25) is 0 Å². The molecule has 0 atom stereocenters. The molecule has 0 aliphatic carbocycles. The van der Waals surface area contributed by atoms with Gasteiger partial charge in [-0.25, -0.2) is 9.07 Å². The molecule has 0 spiro atoms. The fourth-order valence-electron chi connectivity index (χ4n) is 2.21. The molecule has 0 saturated carbocycles. The molecule has 20 heavy (non-hydrogen) atoms. The maximum absolute atomic E-state index is 13.0. The van der Waals surface area contributed by atoms with E-state index < -0.39 is 0 Å². The van der Waals surface area contributed by atoms with Crippen molar-refractivity contribution >= 4 is 0 Å². The van der Waals surface area contributed by atoms with Gasteiger partial charge in [0.1, 0.15) is 5.82 Å². The van der Waals surface area contributed by atoms with Crippen LogP contribution in [0, 0.1) is 5.82 Å². The van der Waals surface area contributed by atoms with Gasteiger partial charge in [0.25, 0.3) is 5.56 Å². The first-order valence-corrected chi connectivity index (χ1v) is 6.56. The van der Waals surface area contributed by atoms with Crippen molar-refractivity contribution in [2.24, 2.45) is 0 Å². The zero-order valence-corrected chi connectivity index (χ0v) is 11.9. The lowest BCUT2D eigenvalue weighted by molar-refractivity contribution is 0.298. The number of hydrogen-bond acceptors (Lipinski definition) is 2. The van der Waals surface area contributed by atoms with Gasteiger partial charge in [0, 0.05) is 29.7 Å². The third-order valence-corrected chi connectivity index (χ3v) is 3.18. The average Bonchev–Trinajstić information content (AvgIpc) is 2.69. The summed E-state index contributed by atoms with van der Waals surface area (Å²) in [6.07, 6.45) is 0.302. The second kappa shape index (κ2) is 5.25. The van der Waals surface area contributed by atoms with Crippen molar-refractivity contribution in [3.8, 4) is 5.69 Å². The number of aromatic amines is 1. The number of H-pyrrole nitrogens is 1. The SMILES string of the molecule is CC(C)(C)c1[nH]n(-c2ccc(F)cc2)c(=O)c1CCO. The summed E-state index contributed by atoms with van der Waals surface area (Å²) in [5, 5.41) is 12.2. The number of nitrogens with one attached hydrogen (secondary N) is 1. The summed E-state index contributed by atoms with van der Waals surface area (Å²) in [7, 11) is 0. The molecule has 1 heterocycles. The van der Waals surface area contributed by atoms with E-state index in [4.69, 9.17) is 5.11 Å². The molecule has 4 nitrogen and oxygen atoms in total. The second-order valence-corrected chi connectivity index (χ2v) is 5.81. The van der Waals surface area contributed by atoms with Crippen LogP contribution in [-0.4, -0.2) is 21.5 Å². The molecule has 0 radical (unpaired) electrons. The molecule has 5 heteroatoms. The van der Waals surface area contributed by atoms with Crippen molar-refractivity contribution in [2.75, 3.05) is 6.61 Å². The summed E-state index contributed by atoms with van der Waals surface area (Å²) in [5.41, 5.74) is 1.50. The number of nitrogens with zero attached hydrogens (tertiary/aromatic N) is 1. The molecule has 1 aromatic heterocycles. The molecule has 0 unspecified atom stereocenters. The fourth-order valence-corrected chi connectivity index (χ4v) is 2.21. The van der Waals surface area contributed by atoms with Gasteiger partial charge in [0.15, 0.2) is 0 Å². The van der Waals surface area contributed by atoms with Crippen LogP contribution in [0.1, 0.15) is 32.0 Å². The Hall–Kier alpha value is -1.88. The summed E-state index contributed by atoms with van der Waals surface area (Å²) < 4.78 is 14.4. The van der Waals surface area contributed by atoms with Crippen LogP contribution in [0.2, 0.25) is 0 Å². The highest BCUT2D eigenvalue weighted by Gasteiger charge is 2.24. The van der Waals surface area contributed by atoms with Crippen LogP contribution < -0.4 is 5.56 Å². The van der Waals surface area contributed by atoms with Crippen molar-refractivity contribution < 1.29 is 9.50 Å². The van der Waals surface area contributed by atoms with E-state index in [0.717, 1.165) is 5.69 Å². The third kappa shape index (κ3) is 2.67. The Bertz CT molecular complexity index is 648. The molecule has 0 amide bonds. The quantitative estimate of drug-likeness (QED) is 0.903. The molecule has 0 fully saturated rings. The lowest BCUT2D eigenvalue weighted by atomic mass is 9.89. The number of aliphatic hydroxyl groups excluding tert-OH is 1. The summed E-state index contributed by atoms with van der Waals surface area (Å²) >= 11 is 0. The number of halogens is 1. The van der Waals surface area contributed by atoms with Gasteiger partial charge in [-0.2, -0.15) is 0 Å². The van der Waals surface area contributed by atoms with Crippen LogP contribution >= 0.6 is 0 Å². The van der Waals surface area contributed by atoms with E-state index >= 15 is 0 Å². The van der Waals surface area contributed by atoms with Crippen molar-refractivity contribution in [1.82, 2.24) is 9.78 Å². The van der Waals surface area contributed by atoms with Crippen molar-refractivity contribution in [3.63, 3.8) is 0 Å². The Morgan fingerprint density at radius 3 is 2.35 bits per heavy atom. The molecule has 1 aromatic carbocycles. The minimum absolute atomic E-state index is 0.0837. The number of aromatic nitrogens is 2. The van der Waals surface area contributed by atoms with Crippen LogP contribution in [0.5, 0.6) is 0 Å². The van der Waals surface area contributed by atoms with Crippen molar-refractivity contribution in [3.05, 3.63) is 51.7 Å². The van der Waals surface area contributed by atoms with Gasteiger partial charge < -0.3 is 5.11 Å². The number of benzene rings is 1. The Morgan fingerprint density at radius 2 is 1.85 bits per heavy atom. The zero-order chi connectivity index (χ0) is 14.9. The maximum Gasteiger partial charge on any atom is 0.274 e. The molecule has 2 rings (SSSR count). The Kier molecular flexibility index (Phi) is 3.81. The van der Waals surface area contributed by atoms with Crippen molar-refractivity contribution in [2.45, 2.75) is 32.6 Å². The van der Waals surface area contributed by atoms with Gasteiger partial charge in [-0.1, -0.05) is 20.8 Å². The van der Waals surface area contributed by atoms with Crippen molar-refractivity contribution in [1.29, 1.82) is 0 Å². The molecular weight excluding hydrogens is 259 g/mol. The van der Waals surface area contributed by atoms with Gasteiger partial charge in [-0.05, 0) is 24.3 Å². The third-order valence-electron chi connectivity index (χ3n) is 3.18. The molecule has 0 aliphatic heterocycles. The highest BCUT2D eigenvalue weighted by molar-refractivity contribution is 5.35. The van der Waals surface area contributed by atoms with E-state index in [1.807, 2.05) is 20.8 Å². The standard InChI is InChI=1S/C15H19FN2O2/c1-15(2,3)13-12(8-9-19)14(20)18(17-13)11-6-4-10(16)5-7-11/h4-7,17,19H,8-9H2,1-3H3. The number of aliphatic hydroxyl groups is 1. The summed E-state index contributed by atoms with van der Waals surface area (Å²) in [4.78, 5) is 12.4. The molecule has 108 valence electrons. The molecule has 0 aliphatic rings. The van der Waals surface area contributed by atoms with Gasteiger partial charge >= 0.3 is 0 Å². The normalized spacial score (nSPS) is 11.8. The van der Waals surface area contributed by atoms with Gasteiger partial charge in [-0.15, -0.1) is 0 Å². The zero-order valence-electron chi connectivity index (χ0n) is 11.9. The lowest BCUT2D eigenvalue weighted by Crippen LogP contribution is -2.19. The lowest BCUT2D eigenvalue weighted by Gasteiger charge is -2.18. The first-order chi connectivity index (χ1) is 9.34. The highest BCUT2D eigenvalue weighted by Crippen LogP contribution is 2.23. The highest BCUT2D eigenvalue weighted by atomic mass is 19.1. The largest absolute Gasteiger partial charge is 0.396 e. The molecule has 0 saturated heterocycles. The Labute approximate surface area is 116 Å². The minimum atomic E-state index is -0.347. The van der Waals surface area contributed by atoms with E-state index in [1.54, 1.807) is 12.1 Å². The van der Waals surface area contributed by atoms with Crippen LogP contribution in [0.4, 0.5) is 4.39 Å². The van der Waals surface area contributed by atoms with Gasteiger partial charge in [-0.3, -0.25) is 9.89 Å². The van der Waals surface area contributed by atoms with E-state index in [1.165, 1.54) is 16.8 Å². The predicted octanol–water partition coefficient (Wildman–Crippen LogP) is 2.14. The van der Waals surface area contributed by atoms with E-state index in [0.29, 0.717) is 17.7 Å². The van der Waals surface area contributed by atoms with Crippen LogP contribution in [-0.2, 0) is 11.8 Å². The van der Waals surface area contributed by atoms with E-state index in [9.17, 15) is 9.18 Å². The minimum Gasteiger partial charge on any atom is -0.396 e. The Balaban J connectivity index is 2.61. The fraction of sp³-hybridized carbons (Fsp3) is 0.400. The van der Waals surface area contributed by atoms with Crippen LogP contribution in [0.25, 0.3) is 5.69 Å². The molecular formula is C15H19FN2O2. The summed E-state index contributed by atoms with van der Waals surface area (Å²) in [6.45, 7) is 5.90. The van der Waals surface area contributed by atoms with Crippen LogP contribution in [0.3, 0.4) is 0 Å². The summed E-state index contributed by atoms with van der Waals surface area (Å²) in [5.74, 6) is -0.347.